The van der Waals surface area contributed by atoms with Crippen LogP contribution in [0, 0.1) is 27.7 Å². The van der Waals surface area contributed by atoms with Crippen molar-refractivity contribution < 1.29 is 45.9 Å². The number of aromatic nitrogens is 2. The first-order chi connectivity index (χ1) is 35.9. The van der Waals surface area contributed by atoms with E-state index in [1.807, 2.05) is 88.4 Å². The van der Waals surface area contributed by atoms with Gasteiger partial charge in [-0.1, -0.05) is 70.8 Å². The van der Waals surface area contributed by atoms with Gasteiger partial charge in [0, 0.05) is 11.1 Å². The lowest BCUT2D eigenvalue weighted by atomic mass is 9.75. The van der Waals surface area contributed by atoms with Crippen LogP contribution < -0.4 is 14.5 Å². The van der Waals surface area contributed by atoms with Crippen LogP contribution in [0.25, 0.3) is 45.1 Å². The average Bonchev–Trinajstić information content (AvgIpc) is 4.16. The van der Waals surface area contributed by atoms with Gasteiger partial charge in [-0.2, -0.15) is 13.2 Å². The van der Waals surface area contributed by atoms with E-state index >= 15 is 0 Å². The molecule has 370 valence electrons. The third kappa shape index (κ3) is 8.59. The first-order valence-corrected chi connectivity index (χ1v) is 23.8. The molecule has 11 nitrogen and oxygen atoms in total. The minimum atomic E-state index is -4.60. The molecule has 8 aromatic carbocycles. The minimum absolute atomic E-state index is 0.0470. The number of amides is 4. The molecular weight excluding hydrogens is 958 g/mol. The van der Waals surface area contributed by atoms with Crippen LogP contribution in [-0.4, -0.2) is 39.8 Å². The van der Waals surface area contributed by atoms with Crippen molar-refractivity contribution in [2.75, 3.05) is 9.80 Å². The van der Waals surface area contributed by atoms with Crippen molar-refractivity contribution in [2.45, 2.75) is 46.2 Å². The summed E-state index contributed by atoms with van der Waals surface area (Å²) in [5.41, 5.74) is 7.33. The summed E-state index contributed by atoms with van der Waals surface area (Å²) < 4.78 is 62.1. The molecule has 0 N–H and O–H groups in total. The van der Waals surface area contributed by atoms with Gasteiger partial charge < -0.3 is 13.6 Å². The number of hydrogen-bond acceptors (Lipinski definition) is 9. The van der Waals surface area contributed by atoms with Crippen molar-refractivity contribution in [3.8, 4) is 34.4 Å². The second-order valence-corrected chi connectivity index (χ2v) is 18.8. The normalized spacial score (nSPS) is 14.0. The molecule has 0 aliphatic carbocycles. The third-order valence-corrected chi connectivity index (χ3v) is 13.6. The van der Waals surface area contributed by atoms with E-state index in [0.29, 0.717) is 73.5 Å². The fraction of sp³-hybridized carbons (Fsp3) is 0.115. The summed E-state index contributed by atoms with van der Waals surface area (Å²) in [6.07, 6.45) is -4.60. The van der Waals surface area contributed by atoms with Crippen LogP contribution in [0.3, 0.4) is 0 Å². The van der Waals surface area contributed by atoms with E-state index in [-0.39, 0.29) is 40.3 Å². The van der Waals surface area contributed by atoms with Crippen LogP contribution in [-0.2, 0) is 5.41 Å². The summed E-state index contributed by atoms with van der Waals surface area (Å²) in [6.45, 7) is 8.87. The van der Waals surface area contributed by atoms with Gasteiger partial charge in [-0.3, -0.25) is 19.2 Å². The Hall–Kier alpha value is -9.43. The van der Waals surface area contributed by atoms with Crippen molar-refractivity contribution in [3.05, 3.63) is 225 Å². The fourth-order valence-electron chi connectivity index (χ4n) is 9.25. The van der Waals surface area contributed by atoms with Gasteiger partial charge in [0.25, 0.3) is 23.6 Å². The van der Waals surface area contributed by atoms with Gasteiger partial charge in [0.15, 0.2) is 11.2 Å². The molecule has 2 aliphatic rings. The van der Waals surface area contributed by atoms with Crippen LogP contribution in [0.4, 0.5) is 24.5 Å². The van der Waals surface area contributed by atoms with E-state index in [0.717, 1.165) is 43.2 Å². The molecular formula is C61H43F3N4O7. The molecule has 4 heterocycles. The number of carbonyl (C=O) groups excluding carboxylic acids is 4. The molecule has 75 heavy (non-hydrogen) atoms. The molecule has 1 atom stereocenters. The summed E-state index contributed by atoms with van der Waals surface area (Å²) in [4.78, 5) is 62.5. The largest absolute Gasteiger partial charge is 0.457 e. The summed E-state index contributed by atoms with van der Waals surface area (Å²) in [7, 11) is 0. The number of hydrogen-bond donors (Lipinski definition) is 0. The Kier molecular flexibility index (Phi) is 11.6. The van der Waals surface area contributed by atoms with Crippen molar-refractivity contribution in [1.82, 2.24) is 9.97 Å². The number of imide groups is 2. The quantitative estimate of drug-likeness (QED) is 0.136. The van der Waals surface area contributed by atoms with Gasteiger partial charge in [0.2, 0.25) is 11.8 Å². The predicted octanol–water partition coefficient (Wildman–Crippen LogP) is 14.5. The van der Waals surface area contributed by atoms with E-state index in [1.165, 1.54) is 31.2 Å². The lowest BCUT2D eigenvalue weighted by Gasteiger charge is -2.33. The number of fused-ring (bicyclic) bond motifs is 4. The van der Waals surface area contributed by atoms with Crippen LogP contribution in [0.2, 0.25) is 0 Å². The van der Waals surface area contributed by atoms with E-state index < -0.39 is 11.6 Å². The molecule has 0 saturated heterocycles. The van der Waals surface area contributed by atoms with Crippen LogP contribution in [0.5, 0.6) is 11.5 Å². The molecule has 12 rings (SSSR count). The van der Waals surface area contributed by atoms with Gasteiger partial charge in [-0.25, -0.2) is 19.8 Å². The van der Waals surface area contributed by atoms with E-state index in [4.69, 9.17) is 13.6 Å². The molecule has 0 spiro atoms. The molecule has 0 fully saturated rings. The Morgan fingerprint density at radius 1 is 0.427 bits per heavy atom. The monoisotopic (exact) mass is 1000 g/mol. The molecule has 0 bridgehead atoms. The van der Waals surface area contributed by atoms with E-state index in [9.17, 15) is 32.3 Å². The predicted molar refractivity (Wildman–Crippen MR) is 278 cm³/mol. The number of nitrogens with zero attached hydrogens (tertiary/aromatic N) is 4. The SMILES string of the molecule is Cc1ccc(-c2nc3cc(C(C)(c4ccc5nc(-c6ccc(C)cc6)oc5c4)C(F)(F)F)ccc3o2)cc1.Cc1ccc2c(c1)C(=O)N(c1ccc(Oc3ccc(N4C(=O)c5ccc(C)cc5C4=O)cc3)cc1)C2=O. The zero-order chi connectivity index (χ0) is 52.5. The zero-order valence-electron chi connectivity index (χ0n) is 40.9. The molecule has 2 aliphatic heterocycles. The number of ether oxygens (including phenoxy) is 1. The van der Waals surface area contributed by atoms with Crippen molar-refractivity contribution in [3.63, 3.8) is 0 Å². The standard InChI is InChI=1S/C31H23F3N2O2.C30H20N2O5/c1-18-4-8-20(9-5-18)28-35-24-14-12-23(17-27(24)38-28)30(3,31(32,33)34)22-13-15-26-25(16-22)36-29(37-26)21-10-6-19(2)7-11-21;1-17-3-13-23-25(15-17)29(35)31(27(23)33)19-5-9-21(10-6-19)37-22-11-7-20(8-12-22)32-28(34)24-14-4-18(2)16-26(24)30(32)36/h4-17H,1-3H3;3-16H,1-2H3. The fourth-order valence-corrected chi connectivity index (χ4v) is 9.25. The maximum Gasteiger partial charge on any atom is 0.402 e. The second-order valence-electron chi connectivity index (χ2n) is 18.8. The number of oxazole rings is 2. The van der Waals surface area contributed by atoms with Crippen LogP contribution in [0.1, 0.15) is 81.7 Å². The third-order valence-electron chi connectivity index (χ3n) is 13.6. The highest BCUT2D eigenvalue weighted by Crippen LogP contribution is 2.48. The Balaban J connectivity index is 0.000000161. The molecule has 2 aromatic heterocycles. The zero-order valence-corrected chi connectivity index (χ0v) is 40.9. The number of halogens is 3. The van der Waals surface area contributed by atoms with Crippen molar-refractivity contribution in [1.29, 1.82) is 0 Å². The maximum absolute atomic E-state index is 14.8. The Bertz CT molecular complexity index is 3690. The number of anilines is 2. The first-order valence-electron chi connectivity index (χ1n) is 23.8. The van der Waals surface area contributed by atoms with E-state index in [1.54, 1.807) is 84.9 Å². The molecule has 4 amide bonds. The Morgan fingerprint density at radius 2 is 0.840 bits per heavy atom. The van der Waals surface area contributed by atoms with Gasteiger partial charge in [0.05, 0.1) is 33.6 Å². The number of alkyl halides is 3. The maximum atomic E-state index is 14.8. The topological polar surface area (TPSA) is 136 Å². The van der Waals surface area contributed by atoms with Crippen molar-refractivity contribution >= 4 is 57.2 Å². The summed E-state index contributed by atoms with van der Waals surface area (Å²) in [5.74, 6) is 0.309. The first kappa shape index (κ1) is 47.9. The lowest BCUT2D eigenvalue weighted by Crippen LogP contribution is -2.40. The molecule has 0 saturated carbocycles. The molecule has 0 radical (unpaired) electrons. The van der Waals surface area contributed by atoms with Gasteiger partial charge in [0.1, 0.15) is 27.9 Å². The number of benzene rings is 8. The summed E-state index contributed by atoms with van der Waals surface area (Å²) in [5, 5.41) is 0. The summed E-state index contributed by atoms with van der Waals surface area (Å²) >= 11 is 0. The van der Waals surface area contributed by atoms with Crippen molar-refractivity contribution in [2.24, 2.45) is 0 Å². The molecule has 1 unspecified atom stereocenters. The highest BCUT2D eigenvalue weighted by molar-refractivity contribution is 6.35. The number of aryl methyl sites for hydroxylation is 4. The Labute approximate surface area is 427 Å². The summed E-state index contributed by atoms with van der Waals surface area (Å²) in [6, 6.07) is 47.8. The highest BCUT2D eigenvalue weighted by Gasteiger charge is 2.54. The van der Waals surface area contributed by atoms with Gasteiger partial charge >= 0.3 is 6.18 Å². The Morgan fingerprint density at radius 3 is 1.32 bits per heavy atom. The molecule has 10 aromatic rings. The van der Waals surface area contributed by atoms with Gasteiger partial charge in [-0.15, -0.1) is 0 Å². The van der Waals surface area contributed by atoms with Crippen LogP contribution >= 0.6 is 0 Å². The van der Waals surface area contributed by atoms with E-state index in [2.05, 4.69) is 9.97 Å². The molecule has 14 heteroatoms. The van der Waals surface area contributed by atoms with Crippen LogP contribution in [0.15, 0.2) is 179 Å². The van der Waals surface area contributed by atoms with Gasteiger partial charge in [-0.05, 0) is 167 Å². The highest BCUT2D eigenvalue weighted by atomic mass is 19.4. The smallest absolute Gasteiger partial charge is 0.402 e. The second kappa shape index (κ2) is 18.3. The average molecular weight is 1000 g/mol. The lowest BCUT2D eigenvalue weighted by molar-refractivity contribution is -0.173. The number of rotatable bonds is 8. The number of carbonyl (C=O) groups is 4. The minimum Gasteiger partial charge on any atom is -0.457 e.